The maximum absolute atomic E-state index is 11.7. The number of esters is 3. The number of hydrogen-bond donors (Lipinski definition) is 0. The van der Waals surface area contributed by atoms with Crippen molar-refractivity contribution in [1.29, 1.82) is 0 Å². The van der Waals surface area contributed by atoms with Gasteiger partial charge < -0.3 is 18.9 Å². The lowest BCUT2D eigenvalue weighted by molar-refractivity contribution is -0.171. The third-order valence-electron chi connectivity index (χ3n) is 3.17. The van der Waals surface area contributed by atoms with Crippen molar-refractivity contribution in [2.45, 2.75) is 53.2 Å². The summed E-state index contributed by atoms with van der Waals surface area (Å²) in [5.74, 6) is -1.40. The minimum atomic E-state index is -0.635. The summed E-state index contributed by atoms with van der Waals surface area (Å²) in [4.78, 5) is 34.4. The molecule has 0 bridgehead atoms. The fourth-order valence-corrected chi connectivity index (χ4v) is 1.18. The van der Waals surface area contributed by atoms with Crippen molar-refractivity contribution in [3.8, 4) is 0 Å². The highest BCUT2D eigenvalue weighted by atomic mass is 16.7. The quantitative estimate of drug-likeness (QED) is 0.345. The lowest BCUT2D eigenvalue weighted by atomic mass is 9.91. The van der Waals surface area contributed by atoms with Gasteiger partial charge >= 0.3 is 17.9 Å². The fraction of sp³-hybridized carbons (Fsp3) is 0.800. The SMILES string of the molecule is CCC(C)(C)C(=O)OCCC(=O)OCCC(=O)OC(C)OC. The molecule has 128 valence electrons. The van der Waals surface area contributed by atoms with Crippen molar-refractivity contribution in [3.63, 3.8) is 0 Å². The average Bonchev–Trinajstić information content (AvgIpc) is 2.46. The van der Waals surface area contributed by atoms with Gasteiger partial charge in [0.15, 0.2) is 6.29 Å². The molecule has 0 aliphatic rings. The van der Waals surface area contributed by atoms with Crippen molar-refractivity contribution in [2.24, 2.45) is 5.41 Å². The van der Waals surface area contributed by atoms with Gasteiger partial charge in [-0.05, 0) is 27.2 Å². The van der Waals surface area contributed by atoms with Gasteiger partial charge in [-0.15, -0.1) is 0 Å². The standard InChI is InChI=1S/C15H26O7/c1-6-15(3,4)14(18)21-10-7-12(16)20-9-8-13(17)22-11(2)19-5/h11H,6-10H2,1-5H3. The number of rotatable bonds is 10. The van der Waals surface area contributed by atoms with Gasteiger partial charge in [-0.25, -0.2) is 0 Å². The van der Waals surface area contributed by atoms with Gasteiger partial charge in [-0.1, -0.05) is 6.92 Å². The zero-order chi connectivity index (χ0) is 17.2. The van der Waals surface area contributed by atoms with Crippen LogP contribution in [0.2, 0.25) is 0 Å². The van der Waals surface area contributed by atoms with Crippen LogP contribution in [0.3, 0.4) is 0 Å². The van der Waals surface area contributed by atoms with E-state index < -0.39 is 23.6 Å². The molecule has 0 rings (SSSR count). The molecule has 0 saturated carbocycles. The van der Waals surface area contributed by atoms with Gasteiger partial charge in [0, 0.05) is 7.11 Å². The van der Waals surface area contributed by atoms with E-state index in [0.29, 0.717) is 6.42 Å². The highest BCUT2D eigenvalue weighted by Crippen LogP contribution is 2.21. The van der Waals surface area contributed by atoms with Crippen LogP contribution < -0.4 is 0 Å². The second-order valence-electron chi connectivity index (χ2n) is 5.39. The van der Waals surface area contributed by atoms with Crippen LogP contribution in [-0.2, 0) is 33.3 Å². The Morgan fingerprint density at radius 1 is 1.00 bits per heavy atom. The van der Waals surface area contributed by atoms with Crippen molar-refractivity contribution in [2.75, 3.05) is 20.3 Å². The first-order valence-electron chi connectivity index (χ1n) is 7.28. The Morgan fingerprint density at radius 2 is 1.55 bits per heavy atom. The highest BCUT2D eigenvalue weighted by molar-refractivity contribution is 5.76. The van der Waals surface area contributed by atoms with Crippen LogP contribution in [0.15, 0.2) is 0 Å². The Morgan fingerprint density at radius 3 is 2.09 bits per heavy atom. The summed E-state index contributed by atoms with van der Waals surface area (Å²) >= 11 is 0. The lowest BCUT2D eigenvalue weighted by Gasteiger charge is -2.20. The van der Waals surface area contributed by atoms with Gasteiger partial charge in [0.2, 0.25) is 0 Å². The molecular formula is C15H26O7. The predicted octanol–water partition coefficient (Wildman–Crippen LogP) is 1.82. The van der Waals surface area contributed by atoms with Gasteiger partial charge in [0.05, 0.1) is 18.3 Å². The zero-order valence-corrected chi connectivity index (χ0v) is 14.0. The molecule has 0 radical (unpaired) electrons. The maximum Gasteiger partial charge on any atom is 0.311 e. The third kappa shape index (κ3) is 8.61. The topological polar surface area (TPSA) is 88.1 Å². The number of carbonyl (C=O) groups excluding carboxylic acids is 3. The maximum atomic E-state index is 11.7. The van der Waals surface area contributed by atoms with Crippen molar-refractivity contribution in [3.05, 3.63) is 0 Å². The Kier molecular flexibility index (Phi) is 9.40. The molecule has 0 aliphatic heterocycles. The average molecular weight is 318 g/mol. The van der Waals surface area contributed by atoms with Crippen LogP contribution in [0, 0.1) is 5.41 Å². The molecule has 0 aliphatic carbocycles. The Hall–Kier alpha value is -1.63. The zero-order valence-electron chi connectivity index (χ0n) is 14.0. The molecular weight excluding hydrogens is 292 g/mol. The van der Waals surface area contributed by atoms with Gasteiger partial charge in [0.1, 0.15) is 13.2 Å². The van der Waals surface area contributed by atoms with E-state index in [1.807, 2.05) is 6.92 Å². The molecule has 1 unspecified atom stereocenters. The van der Waals surface area contributed by atoms with Crippen LogP contribution in [0.1, 0.15) is 47.0 Å². The van der Waals surface area contributed by atoms with Crippen LogP contribution in [0.4, 0.5) is 0 Å². The summed E-state index contributed by atoms with van der Waals surface area (Å²) in [6.45, 7) is 6.91. The van der Waals surface area contributed by atoms with E-state index in [9.17, 15) is 14.4 Å². The Balaban J connectivity index is 3.79. The number of ether oxygens (including phenoxy) is 4. The Labute approximate surface area is 131 Å². The first-order chi connectivity index (χ1) is 10.2. The van der Waals surface area contributed by atoms with Crippen molar-refractivity contribution >= 4 is 17.9 Å². The van der Waals surface area contributed by atoms with E-state index in [2.05, 4.69) is 0 Å². The number of methoxy groups -OCH3 is 1. The van der Waals surface area contributed by atoms with Crippen LogP contribution >= 0.6 is 0 Å². The largest absolute Gasteiger partial charge is 0.465 e. The summed E-state index contributed by atoms with van der Waals surface area (Å²) in [5.41, 5.74) is -0.564. The van der Waals surface area contributed by atoms with Crippen molar-refractivity contribution < 1.29 is 33.3 Å². The monoisotopic (exact) mass is 318 g/mol. The van der Waals surface area contributed by atoms with E-state index in [0.717, 1.165) is 0 Å². The number of carbonyl (C=O) groups is 3. The van der Waals surface area contributed by atoms with E-state index in [-0.39, 0.29) is 32.0 Å². The summed E-state index contributed by atoms with van der Waals surface area (Å²) < 4.78 is 19.4. The highest BCUT2D eigenvalue weighted by Gasteiger charge is 2.27. The molecule has 22 heavy (non-hydrogen) atoms. The minimum absolute atomic E-state index is 0.0355. The van der Waals surface area contributed by atoms with E-state index >= 15 is 0 Å². The smallest absolute Gasteiger partial charge is 0.311 e. The van der Waals surface area contributed by atoms with Crippen molar-refractivity contribution in [1.82, 2.24) is 0 Å². The van der Waals surface area contributed by atoms with Crippen LogP contribution in [0.5, 0.6) is 0 Å². The molecule has 7 heteroatoms. The predicted molar refractivity (Wildman–Crippen MR) is 77.8 cm³/mol. The molecule has 0 fully saturated rings. The lowest BCUT2D eigenvalue weighted by Crippen LogP contribution is -2.26. The van der Waals surface area contributed by atoms with Crippen LogP contribution in [-0.4, -0.2) is 44.5 Å². The molecule has 0 N–H and O–H groups in total. The second-order valence-corrected chi connectivity index (χ2v) is 5.39. The van der Waals surface area contributed by atoms with Gasteiger partial charge in [-0.3, -0.25) is 14.4 Å². The first-order valence-corrected chi connectivity index (χ1v) is 7.28. The molecule has 0 aromatic carbocycles. The van der Waals surface area contributed by atoms with E-state index in [1.165, 1.54) is 7.11 Å². The summed E-state index contributed by atoms with van der Waals surface area (Å²) in [6.07, 6.45) is -0.0837. The number of hydrogen-bond acceptors (Lipinski definition) is 7. The molecule has 0 aromatic heterocycles. The molecule has 0 aromatic rings. The summed E-state index contributed by atoms with van der Waals surface area (Å²) in [6, 6.07) is 0. The van der Waals surface area contributed by atoms with Gasteiger partial charge in [-0.2, -0.15) is 0 Å². The Bertz CT molecular complexity index is 376. The minimum Gasteiger partial charge on any atom is -0.465 e. The molecule has 0 amide bonds. The second kappa shape index (κ2) is 10.2. The summed E-state index contributed by atoms with van der Waals surface area (Å²) in [5, 5.41) is 0. The molecule has 7 nitrogen and oxygen atoms in total. The first kappa shape index (κ1) is 20.4. The fourth-order valence-electron chi connectivity index (χ4n) is 1.18. The summed E-state index contributed by atoms with van der Waals surface area (Å²) in [7, 11) is 1.42. The molecule has 1 atom stereocenters. The normalized spacial score (nSPS) is 12.4. The van der Waals surface area contributed by atoms with E-state index in [4.69, 9.17) is 18.9 Å². The molecule has 0 saturated heterocycles. The third-order valence-corrected chi connectivity index (χ3v) is 3.17. The molecule has 0 spiro atoms. The molecule has 0 heterocycles. The van der Waals surface area contributed by atoms with E-state index in [1.54, 1.807) is 20.8 Å². The van der Waals surface area contributed by atoms with Gasteiger partial charge in [0.25, 0.3) is 0 Å². The van der Waals surface area contributed by atoms with Crippen LogP contribution in [0.25, 0.3) is 0 Å².